The Morgan fingerprint density at radius 3 is 1.68 bits per heavy atom. The number of carbonyl (C=O) groups excluding carboxylic acids is 2. The maximum atomic E-state index is 12.6. The van der Waals surface area contributed by atoms with Gasteiger partial charge in [0.05, 0.1) is 0 Å². The van der Waals surface area contributed by atoms with E-state index >= 15 is 0 Å². The van der Waals surface area contributed by atoms with E-state index in [1.54, 1.807) is 4.90 Å². The minimum Gasteiger partial charge on any atom is -0.406 e. The quantitative estimate of drug-likeness (QED) is 0.241. The van der Waals surface area contributed by atoms with Gasteiger partial charge < -0.3 is 19.7 Å². The van der Waals surface area contributed by atoms with Crippen LogP contribution in [0.1, 0.15) is 59.7 Å². The first-order valence-corrected chi connectivity index (χ1v) is 11.7. The van der Waals surface area contributed by atoms with Gasteiger partial charge in [-0.1, -0.05) is 19.3 Å². The molecule has 0 unspecified atom stereocenters. The van der Waals surface area contributed by atoms with Gasteiger partial charge in [-0.2, -0.15) is 0 Å². The fraction of sp³-hybridized carbons (Fsp3) is 0.440. The topological polar surface area (TPSA) is 67.9 Å². The number of ether oxygens (including phenoxy) is 2. The van der Waals surface area contributed by atoms with Crippen LogP contribution in [0.4, 0.5) is 26.3 Å². The normalized spacial score (nSPS) is 11.6. The molecule has 0 aliphatic rings. The van der Waals surface area contributed by atoms with Crippen molar-refractivity contribution in [3.63, 3.8) is 0 Å². The third kappa shape index (κ3) is 11.4. The number of halogens is 6. The van der Waals surface area contributed by atoms with Crippen LogP contribution < -0.4 is 14.8 Å². The van der Waals surface area contributed by atoms with Gasteiger partial charge in [0.2, 0.25) is 0 Å². The Kier molecular flexibility index (Phi) is 11.1. The summed E-state index contributed by atoms with van der Waals surface area (Å²) in [6.45, 7) is 3.18. The van der Waals surface area contributed by atoms with Crippen LogP contribution in [0.25, 0.3) is 0 Å². The minimum absolute atomic E-state index is 0.223. The lowest BCUT2D eigenvalue weighted by atomic mass is 10.1. The Labute approximate surface area is 210 Å². The number of amides is 2. The number of nitrogens with zero attached hydrogens (tertiary/aromatic N) is 1. The van der Waals surface area contributed by atoms with Crippen LogP contribution in [0.2, 0.25) is 0 Å². The molecule has 0 radical (unpaired) electrons. The summed E-state index contributed by atoms with van der Waals surface area (Å²) in [7, 11) is 0. The van der Waals surface area contributed by atoms with Crippen molar-refractivity contribution in [2.24, 2.45) is 0 Å². The maximum absolute atomic E-state index is 12.6. The number of benzene rings is 2. The average molecular weight is 534 g/mol. The lowest BCUT2D eigenvalue weighted by molar-refractivity contribution is -0.275. The first-order chi connectivity index (χ1) is 17.4. The van der Waals surface area contributed by atoms with Crippen molar-refractivity contribution in [1.82, 2.24) is 10.2 Å². The smallest absolute Gasteiger partial charge is 0.406 e. The SMILES string of the molecule is CCN(CCCCCCCNC(=O)c1ccc(OC(F)(F)F)cc1)C(=O)c1ccc(OC(F)(F)F)cc1. The number of nitrogens with one attached hydrogen (secondary N) is 1. The molecule has 6 nitrogen and oxygen atoms in total. The average Bonchev–Trinajstić information content (AvgIpc) is 2.81. The van der Waals surface area contributed by atoms with E-state index < -0.39 is 30.1 Å². The van der Waals surface area contributed by atoms with E-state index in [0.29, 0.717) is 26.1 Å². The second kappa shape index (κ2) is 13.8. The van der Waals surface area contributed by atoms with Crippen molar-refractivity contribution < 1.29 is 45.4 Å². The first-order valence-electron chi connectivity index (χ1n) is 11.7. The molecule has 0 aliphatic heterocycles. The molecule has 0 aliphatic carbocycles. The van der Waals surface area contributed by atoms with Crippen molar-refractivity contribution in [2.45, 2.75) is 51.8 Å². The molecule has 0 saturated heterocycles. The molecule has 1 N–H and O–H groups in total. The molecule has 37 heavy (non-hydrogen) atoms. The summed E-state index contributed by atoms with van der Waals surface area (Å²) in [6, 6.07) is 9.45. The van der Waals surface area contributed by atoms with Gasteiger partial charge in [0.1, 0.15) is 11.5 Å². The number of hydrogen-bond acceptors (Lipinski definition) is 4. The van der Waals surface area contributed by atoms with Crippen LogP contribution in [-0.2, 0) is 0 Å². The molecule has 0 atom stereocenters. The molecule has 12 heteroatoms. The molecule has 0 fully saturated rings. The zero-order valence-corrected chi connectivity index (χ0v) is 20.1. The van der Waals surface area contributed by atoms with Gasteiger partial charge in [0, 0.05) is 30.8 Å². The van der Waals surface area contributed by atoms with Gasteiger partial charge in [-0.15, -0.1) is 26.3 Å². The Hall–Kier alpha value is -3.44. The van der Waals surface area contributed by atoms with Gasteiger partial charge in [0.15, 0.2) is 0 Å². The van der Waals surface area contributed by atoms with Crippen LogP contribution in [0.3, 0.4) is 0 Å². The Bertz CT molecular complexity index is 992. The van der Waals surface area contributed by atoms with E-state index in [0.717, 1.165) is 49.9 Å². The van der Waals surface area contributed by atoms with Gasteiger partial charge in [0.25, 0.3) is 11.8 Å². The third-order valence-corrected chi connectivity index (χ3v) is 5.24. The molecule has 0 heterocycles. The second-order valence-electron chi connectivity index (χ2n) is 8.05. The molecular weight excluding hydrogens is 506 g/mol. The summed E-state index contributed by atoms with van der Waals surface area (Å²) in [6.07, 6.45) is -5.59. The van der Waals surface area contributed by atoms with Crippen LogP contribution in [-0.4, -0.2) is 49.1 Å². The van der Waals surface area contributed by atoms with Gasteiger partial charge in [-0.3, -0.25) is 9.59 Å². The minimum atomic E-state index is -4.79. The summed E-state index contributed by atoms with van der Waals surface area (Å²) >= 11 is 0. The second-order valence-corrected chi connectivity index (χ2v) is 8.05. The van der Waals surface area contributed by atoms with Gasteiger partial charge in [-0.25, -0.2) is 0 Å². The van der Waals surface area contributed by atoms with Crippen molar-refractivity contribution in [1.29, 1.82) is 0 Å². The van der Waals surface area contributed by atoms with E-state index in [2.05, 4.69) is 14.8 Å². The number of alkyl halides is 6. The number of carbonyl (C=O) groups is 2. The van der Waals surface area contributed by atoms with E-state index in [-0.39, 0.29) is 17.0 Å². The number of rotatable bonds is 13. The highest BCUT2D eigenvalue weighted by Crippen LogP contribution is 2.24. The summed E-state index contributed by atoms with van der Waals surface area (Å²) in [4.78, 5) is 26.3. The highest BCUT2D eigenvalue weighted by atomic mass is 19.4. The van der Waals surface area contributed by atoms with Crippen molar-refractivity contribution in [3.8, 4) is 11.5 Å². The highest BCUT2D eigenvalue weighted by molar-refractivity contribution is 5.94. The lowest BCUT2D eigenvalue weighted by Crippen LogP contribution is -2.31. The molecule has 2 amide bonds. The molecule has 0 aromatic heterocycles. The van der Waals surface area contributed by atoms with E-state index in [1.165, 1.54) is 24.3 Å². The molecule has 204 valence electrons. The van der Waals surface area contributed by atoms with Crippen LogP contribution in [0.5, 0.6) is 11.5 Å². The van der Waals surface area contributed by atoms with Crippen molar-refractivity contribution in [3.05, 3.63) is 59.7 Å². The fourth-order valence-corrected chi connectivity index (χ4v) is 3.45. The number of unbranched alkanes of at least 4 members (excludes halogenated alkanes) is 4. The predicted molar refractivity (Wildman–Crippen MR) is 123 cm³/mol. The van der Waals surface area contributed by atoms with E-state index in [9.17, 15) is 35.9 Å². The van der Waals surface area contributed by atoms with Gasteiger partial charge >= 0.3 is 12.7 Å². The summed E-state index contributed by atoms with van der Waals surface area (Å²) in [5.41, 5.74) is 0.496. The Balaban J connectivity index is 1.62. The van der Waals surface area contributed by atoms with Gasteiger partial charge in [-0.05, 0) is 68.3 Å². The zero-order chi connectivity index (χ0) is 27.5. The number of hydrogen-bond donors (Lipinski definition) is 1. The van der Waals surface area contributed by atoms with E-state index in [1.807, 2.05) is 6.92 Å². The Morgan fingerprint density at radius 2 is 1.19 bits per heavy atom. The summed E-state index contributed by atoms with van der Waals surface area (Å²) in [5, 5.41) is 2.71. The molecule has 0 saturated carbocycles. The Morgan fingerprint density at radius 1 is 0.730 bits per heavy atom. The monoisotopic (exact) mass is 534 g/mol. The van der Waals surface area contributed by atoms with E-state index in [4.69, 9.17) is 0 Å². The molecule has 2 aromatic rings. The van der Waals surface area contributed by atoms with Crippen LogP contribution in [0.15, 0.2) is 48.5 Å². The third-order valence-electron chi connectivity index (χ3n) is 5.24. The molecule has 0 spiro atoms. The standard InChI is InChI=1S/C25H28F6N2O4/c1-2-33(23(35)19-10-14-21(15-11-19)37-25(29,30)31)17-7-5-3-4-6-16-32-22(34)18-8-12-20(13-9-18)36-24(26,27)28/h8-15H,2-7,16-17H2,1H3,(H,32,34). The fourth-order valence-electron chi connectivity index (χ4n) is 3.45. The summed E-state index contributed by atoms with van der Waals surface area (Å²) in [5.74, 6) is -1.46. The first kappa shape index (κ1) is 29.8. The van der Waals surface area contributed by atoms with Crippen LogP contribution in [0, 0.1) is 0 Å². The highest BCUT2D eigenvalue weighted by Gasteiger charge is 2.31. The molecule has 2 aromatic carbocycles. The molecule has 0 bridgehead atoms. The largest absolute Gasteiger partial charge is 0.573 e. The maximum Gasteiger partial charge on any atom is 0.573 e. The zero-order valence-electron chi connectivity index (χ0n) is 20.1. The van der Waals surface area contributed by atoms with Crippen LogP contribution >= 0.6 is 0 Å². The molecular formula is C25H28F6N2O4. The van der Waals surface area contributed by atoms with Crippen molar-refractivity contribution >= 4 is 11.8 Å². The van der Waals surface area contributed by atoms with Crippen molar-refractivity contribution in [2.75, 3.05) is 19.6 Å². The lowest BCUT2D eigenvalue weighted by Gasteiger charge is -2.21. The molecule has 2 rings (SSSR count). The predicted octanol–water partition coefficient (Wildman–Crippen LogP) is 6.33. The summed E-state index contributed by atoms with van der Waals surface area (Å²) < 4.78 is 80.9.